The Morgan fingerprint density at radius 1 is 1.15 bits per heavy atom. The van der Waals surface area contributed by atoms with Gasteiger partial charge in [-0.25, -0.2) is 0 Å². The van der Waals surface area contributed by atoms with Gasteiger partial charge in [-0.3, -0.25) is 9.59 Å². The van der Waals surface area contributed by atoms with Gasteiger partial charge in [0.05, 0.1) is 0 Å². The highest BCUT2D eigenvalue weighted by Gasteiger charge is 2.28. The van der Waals surface area contributed by atoms with Crippen molar-refractivity contribution in [2.75, 3.05) is 13.1 Å². The van der Waals surface area contributed by atoms with Crippen molar-refractivity contribution in [1.82, 2.24) is 10.2 Å². The molecule has 1 aromatic carbocycles. The maximum atomic E-state index is 12.5. The minimum absolute atomic E-state index is 0.0161. The van der Waals surface area contributed by atoms with Crippen LogP contribution in [-0.4, -0.2) is 35.8 Å². The number of nitrogens with one attached hydrogen (secondary N) is 1. The first-order valence-corrected chi connectivity index (χ1v) is 10.2. The molecule has 1 unspecified atom stereocenters. The molecular weight excluding hydrogens is 348 g/mol. The Balaban J connectivity index is 1.74. The number of hydrogen-bond acceptors (Lipinski definition) is 2. The molecule has 2 amide bonds. The Morgan fingerprint density at radius 3 is 2.42 bits per heavy atom. The molecule has 0 bridgehead atoms. The molecule has 0 aliphatic carbocycles. The van der Waals surface area contributed by atoms with Crippen LogP contribution in [0, 0.1) is 5.92 Å². The van der Waals surface area contributed by atoms with Crippen LogP contribution in [0.3, 0.4) is 0 Å². The molecule has 1 N–H and O–H groups in total. The Bertz CT molecular complexity index is 580. The number of rotatable bonds is 8. The Hall–Kier alpha value is -1.55. The average molecular weight is 379 g/mol. The van der Waals surface area contributed by atoms with Crippen LogP contribution in [0.15, 0.2) is 24.3 Å². The topological polar surface area (TPSA) is 49.4 Å². The monoisotopic (exact) mass is 378 g/mol. The van der Waals surface area contributed by atoms with Gasteiger partial charge in [0.25, 0.3) is 5.91 Å². The van der Waals surface area contributed by atoms with Gasteiger partial charge >= 0.3 is 0 Å². The third kappa shape index (κ3) is 6.31. The Morgan fingerprint density at radius 2 is 1.81 bits per heavy atom. The third-order valence-corrected chi connectivity index (χ3v) is 5.38. The molecule has 5 heteroatoms. The van der Waals surface area contributed by atoms with Crippen LogP contribution in [0.4, 0.5) is 0 Å². The molecule has 0 spiro atoms. The lowest BCUT2D eigenvalue weighted by molar-refractivity contribution is -0.126. The van der Waals surface area contributed by atoms with Crippen molar-refractivity contribution in [3.63, 3.8) is 0 Å². The maximum absolute atomic E-state index is 12.5. The van der Waals surface area contributed by atoms with Crippen molar-refractivity contribution >= 4 is 23.4 Å². The fourth-order valence-electron chi connectivity index (χ4n) is 3.43. The van der Waals surface area contributed by atoms with E-state index in [0.29, 0.717) is 23.7 Å². The Kier molecular flexibility index (Phi) is 8.43. The van der Waals surface area contributed by atoms with Gasteiger partial charge in [0.15, 0.2) is 0 Å². The summed E-state index contributed by atoms with van der Waals surface area (Å²) in [5.41, 5.74) is 0.651. The molecular formula is C21H31ClN2O2. The lowest BCUT2D eigenvalue weighted by Crippen LogP contribution is -2.44. The second-order valence-electron chi connectivity index (χ2n) is 7.33. The number of unbranched alkanes of at least 4 members (excludes halogenated alkanes) is 3. The van der Waals surface area contributed by atoms with Crippen molar-refractivity contribution in [3.05, 3.63) is 34.9 Å². The van der Waals surface area contributed by atoms with Gasteiger partial charge in [-0.1, -0.05) is 44.2 Å². The first-order valence-electron chi connectivity index (χ1n) is 9.86. The number of piperidine rings is 1. The summed E-state index contributed by atoms with van der Waals surface area (Å²) in [4.78, 5) is 26.8. The van der Waals surface area contributed by atoms with E-state index in [0.717, 1.165) is 19.3 Å². The zero-order valence-corrected chi connectivity index (χ0v) is 16.7. The smallest absolute Gasteiger partial charge is 0.253 e. The lowest BCUT2D eigenvalue weighted by atomic mass is 9.95. The molecule has 1 saturated heterocycles. The van der Waals surface area contributed by atoms with Gasteiger partial charge in [0.2, 0.25) is 5.91 Å². The highest BCUT2D eigenvalue weighted by atomic mass is 35.5. The summed E-state index contributed by atoms with van der Waals surface area (Å²) in [5, 5.41) is 3.78. The van der Waals surface area contributed by atoms with Crippen molar-refractivity contribution < 1.29 is 9.59 Å². The van der Waals surface area contributed by atoms with E-state index in [2.05, 4.69) is 19.2 Å². The molecule has 144 valence electrons. The summed E-state index contributed by atoms with van der Waals surface area (Å²) in [7, 11) is 0. The summed E-state index contributed by atoms with van der Waals surface area (Å²) >= 11 is 5.88. The minimum Gasteiger partial charge on any atom is -0.353 e. The summed E-state index contributed by atoms with van der Waals surface area (Å²) in [5.74, 6) is 0.179. The summed E-state index contributed by atoms with van der Waals surface area (Å²) in [6.45, 7) is 5.55. The van der Waals surface area contributed by atoms with Crippen LogP contribution in [0.5, 0.6) is 0 Å². The largest absolute Gasteiger partial charge is 0.353 e. The van der Waals surface area contributed by atoms with Gasteiger partial charge in [-0.05, 0) is 50.5 Å². The molecule has 4 nitrogen and oxygen atoms in total. The molecule has 2 rings (SSSR count). The molecule has 0 radical (unpaired) electrons. The van der Waals surface area contributed by atoms with Crippen LogP contribution in [0.25, 0.3) is 0 Å². The zero-order valence-electron chi connectivity index (χ0n) is 16.0. The molecule has 1 aliphatic heterocycles. The Labute approximate surface area is 162 Å². The number of hydrogen-bond donors (Lipinski definition) is 1. The SMILES string of the molecule is CCCCCCC(C)NC(=O)C1CCN(C(=O)c2ccc(Cl)cc2)CC1. The normalized spacial score (nSPS) is 16.3. The number of likely N-dealkylation sites (tertiary alicyclic amines) is 1. The third-order valence-electron chi connectivity index (χ3n) is 5.12. The zero-order chi connectivity index (χ0) is 18.9. The van der Waals surface area contributed by atoms with Crippen LogP contribution >= 0.6 is 11.6 Å². The minimum atomic E-state index is 0.0161. The van der Waals surface area contributed by atoms with E-state index in [1.807, 2.05) is 4.90 Å². The predicted octanol–water partition coefficient (Wildman–Crippen LogP) is 4.67. The van der Waals surface area contributed by atoms with Crippen LogP contribution < -0.4 is 5.32 Å². The van der Waals surface area contributed by atoms with Gasteiger partial charge in [-0.15, -0.1) is 0 Å². The van der Waals surface area contributed by atoms with E-state index in [1.54, 1.807) is 24.3 Å². The standard InChI is InChI=1S/C21H31ClN2O2/c1-3-4-5-6-7-16(2)23-20(25)17-12-14-24(15-13-17)21(26)18-8-10-19(22)11-9-18/h8-11,16-17H,3-7,12-15H2,1-2H3,(H,23,25). The summed E-state index contributed by atoms with van der Waals surface area (Å²) in [6.07, 6.45) is 7.40. The van der Waals surface area contributed by atoms with Gasteiger partial charge in [0.1, 0.15) is 0 Å². The molecule has 26 heavy (non-hydrogen) atoms. The highest BCUT2D eigenvalue weighted by Crippen LogP contribution is 2.20. The van der Waals surface area contributed by atoms with Crippen LogP contribution in [0.1, 0.15) is 69.2 Å². The summed E-state index contributed by atoms with van der Waals surface area (Å²) < 4.78 is 0. The number of nitrogens with zero attached hydrogens (tertiary/aromatic N) is 1. The van der Waals surface area contributed by atoms with E-state index in [1.165, 1.54) is 25.7 Å². The van der Waals surface area contributed by atoms with Gasteiger partial charge in [0, 0.05) is 35.6 Å². The highest BCUT2D eigenvalue weighted by molar-refractivity contribution is 6.30. The number of carbonyl (C=O) groups is 2. The van der Waals surface area contributed by atoms with Crippen molar-refractivity contribution in [3.8, 4) is 0 Å². The van der Waals surface area contributed by atoms with Crippen molar-refractivity contribution in [2.24, 2.45) is 5.92 Å². The molecule has 0 aromatic heterocycles. The van der Waals surface area contributed by atoms with Crippen LogP contribution in [-0.2, 0) is 4.79 Å². The molecule has 1 fully saturated rings. The predicted molar refractivity (Wildman–Crippen MR) is 106 cm³/mol. The first kappa shape index (κ1) is 20.8. The first-order chi connectivity index (χ1) is 12.5. The molecule has 1 atom stereocenters. The number of amides is 2. The van der Waals surface area contributed by atoms with Gasteiger partial charge in [-0.2, -0.15) is 0 Å². The number of benzene rings is 1. The lowest BCUT2D eigenvalue weighted by Gasteiger charge is -2.32. The number of halogens is 1. The van der Waals surface area contributed by atoms with E-state index in [9.17, 15) is 9.59 Å². The second kappa shape index (κ2) is 10.6. The van der Waals surface area contributed by atoms with E-state index >= 15 is 0 Å². The summed E-state index contributed by atoms with van der Waals surface area (Å²) in [6, 6.07) is 7.20. The van der Waals surface area contributed by atoms with Crippen molar-refractivity contribution in [2.45, 2.75) is 64.8 Å². The van der Waals surface area contributed by atoms with E-state index < -0.39 is 0 Å². The fourth-order valence-corrected chi connectivity index (χ4v) is 3.56. The molecule has 1 aliphatic rings. The molecule has 1 heterocycles. The molecule has 1 aromatic rings. The van der Waals surface area contributed by atoms with E-state index in [-0.39, 0.29) is 23.8 Å². The number of carbonyl (C=O) groups excluding carboxylic acids is 2. The second-order valence-corrected chi connectivity index (χ2v) is 7.77. The van der Waals surface area contributed by atoms with Crippen LogP contribution in [0.2, 0.25) is 5.02 Å². The van der Waals surface area contributed by atoms with E-state index in [4.69, 9.17) is 11.6 Å². The molecule has 0 saturated carbocycles. The van der Waals surface area contributed by atoms with Gasteiger partial charge < -0.3 is 10.2 Å². The van der Waals surface area contributed by atoms with Crippen molar-refractivity contribution in [1.29, 1.82) is 0 Å². The quantitative estimate of drug-likeness (QED) is 0.668. The maximum Gasteiger partial charge on any atom is 0.253 e. The fraction of sp³-hybridized carbons (Fsp3) is 0.619. The average Bonchev–Trinajstić information content (AvgIpc) is 2.65.